The van der Waals surface area contributed by atoms with Crippen molar-refractivity contribution in [3.05, 3.63) is 65.2 Å². The quantitative estimate of drug-likeness (QED) is 0.610. The number of piperidine rings is 1. The number of carbonyl (C=O) groups is 1. The van der Waals surface area contributed by atoms with Crippen molar-refractivity contribution in [2.75, 3.05) is 13.1 Å². The number of hydrogen-bond donors (Lipinski definition) is 0. The molecule has 1 fully saturated rings. The first-order valence-electron chi connectivity index (χ1n) is 10.8. The van der Waals surface area contributed by atoms with Crippen LogP contribution in [-0.2, 0) is 26.8 Å². The molecule has 2 unspecified atom stereocenters. The van der Waals surface area contributed by atoms with Gasteiger partial charge >= 0.3 is 5.97 Å². The Balaban J connectivity index is 1.63. The van der Waals surface area contributed by atoms with E-state index in [9.17, 15) is 13.2 Å². The normalized spacial score (nSPS) is 20.4. The zero-order chi connectivity index (χ0) is 22.8. The summed E-state index contributed by atoms with van der Waals surface area (Å²) in [4.78, 5) is 12.6. The maximum absolute atomic E-state index is 13.0. The average molecular weight is 444 g/mol. The fourth-order valence-electron chi connectivity index (χ4n) is 4.05. The Morgan fingerprint density at radius 3 is 2.03 bits per heavy atom. The summed E-state index contributed by atoms with van der Waals surface area (Å²) < 4.78 is 32.9. The molecule has 0 aromatic heterocycles. The fourth-order valence-corrected chi connectivity index (χ4v) is 5.73. The van der Waals surface area contributed by atoms with Gasteiger partial charge in [0, 0.05) is 13.1 Å². The van der Waals surface area contributed by atoms with E-state index in [0.717, 1.165) is 12.0 Å². The maximum Gasteiger partial charge on any atom is 0.338 e. The SMILES string of the molecule is CC1CC(C)CN(S(=O)(=O)c2ccc(C(=O)OCc3ccc(C(C)(C)C)cc3)cc2)C1. The molecule has 6 heteroatoms. The lowest BCUT2D eigenvalue weighted by molar-refractivity contribution is 0.0472. The third-order valence-electron chi connectivity index (χ3n) is 5.75. The van der Waals surface area contributed by atoms with E-state index in [-0.39, 0.29) is 16.9 Å². The van der Waals surface area contributed by atoms with Crippen molar-refractivity contribution >= 4 is 16.0 Å². The third kappa shape index (κ3) is 5.74. The Kier molecular flexibility index (Phi) is 6.92. The van der Waals surface area contributed by atoms with Gasteiger partial charge in [-0.2, -0.15) is 4.31 Å². The van der Waals surface area contributed by atoms with E-state index in [1.807, 2.05) is 24.3 Å². The predicted molar refractivity (Wildman–Crippen MR) is 122 cm³/mol. The molecular weight excluding hydrogens is 410 g/mol. The Morgan fingerprint density at radius 2 is 1.52 bits per heavy atom. The third-order valence-corrected chi connectivity index (χ3v) is 7.60. The minimum atomic E-state index is -3.56. The first kappa shape index (κ1) is 23.5. The zero-order valence-electron chi connectivity index (χ0n) is 19.1. The van der Waals surface area contributed by atoms with E-state index in [1.54, 1.807) is 4.31 Å². The number of rotatable bonds is 5. The molecule has 1 aliphatic heterocycles. The minimum Gasteiger partial charge on any atom is -0.457 e. The van der Waals surface area contributed by atoms with Crippen LogP contribution < -0.4 is 0 Å². The molecule has 5 nitrogen and oxygen atoms in total. The first-order valence-corrected chi connectivity index (χ1v) is 12.3. The summed E-state index contributed by atoms with van der Waals surface area (Å²) in [6.07, 6.45) is 1.04. The van der Waals surface area contributed by atoms with Crippen molar-refractivity contribution in [2.24, 2.45) is 11.8 Å². The van der Waals surface area contributed by atoms with Crippen LogP contribution in [0.4, 0.5) is 0 Å². The summed E-state index contributed by atoms with van der Waals surface area (Å²) in [5.41, 5.74) is 2.54. The summed E-state index contributed by atoms with van der Waals surface area (Å²) in [6, 6.07) is 14.1. The molecule has 31 heavy (non-hydrogen) atoms. The summed E-state index contributed by atoms with van der Waals surface area (Å²) in [5.74, 6) is 0.208. The number of hydrogen-bond acceptors (Lipinski definition) is 4. The lowest BCUT2D eigenvalue weighted by atomic mass is 9.87. The minimum absolute atomic E-state index is 0.0710. The standard InChI is InChI=1S/C25H33NO4S/c1-18-14-19(2)16-26(15-18)31(28,29)23-12-8-21(9-13-23)24(27)30-17-20-6-10-22(11-7-20)25(3,4)5/h6-13,18-19H,14-17H2,1-5H3. The highest BCUT2D eigenvalue weighted by Gasteiger charge is 2.31. The fraction of sp³-hybridized carbons (Fsp3) is 0.480. The molecule has 0 N–H and O–H groups in total. The molecule has 2 aromatic rings. The first-order chi connectivity index (χ1) is 14.5. The van der Waals surface area contributed by atoms with Gasteiger partial charge < -0.3 is 4.74 Å². The summed E-state index contributed by atoms with van der Waals surface area (Å²) in [7, 11) is -3.56. The average Bonchev–Trinajstić information content (AvgIpc) is 2.71. The Bertz CT molecular complexity index is 995. The van der Waals surface area contributed by atoms with E-state index in [1.165, 1.54) is 29.8 Å². The van der Waals surface area contributed by atoms with Gasteiger partial charge in [-0.3, -0.25) is 0 Å². The van der Waals surface area contributed by atoms with Gasteiger partial charge in [-0.05, 0) is 59.1 Å². The molecule has 0 bridgehead atoms. The molecule has 1 aliphatic rings. The molecule has 168 valence electrons. The molecule has 0 spiro atoms. The van der Waals surface area contributed by atoms with Crippen LogP contribution in [0.25, 0.3) is 0 Å². The highest BCUT2D eigenvalue weighted by Crippen LogP contribution is 2.27. The number of esters is 1. The predicted octanol–water partition coefficient (Wildman–Crippen LogP) is 5.01. The van der Waals surface area contributed by atoms with Crippen molar-refractivity contribution in [1.29, 1.82) is 0 Å². The molecule has 1 saturated heterocycles. The topological polar surface area (TPSA) is 63.7 Å². The van der Waals surface area contributed by atoms with Crippen molar-refractivity contribution in [2.45, 2.75) is 58.0 Å². The zero-order valence-corrected chi connectivity index (χ0v) is 19.9. The van der Waals surface area contributed by atoms with Crippen LogP contribution in [0.15, 0.2) is 53.4 Å². The summed E-state index contributed by atoms with van der Waals surface area (Å²) in [5, 5.41) is 0. The lowest BCUT2D eigenvalue weighted by Gasteiger charge is -2.34. The van der Waals surface area contributed by atoms with Crippen molar-refractivity contribution in [3.63, 3.8) is 0 Å². The van der Waals surface area contributed by atoms with Gasteiger partial charge in [0.05, 0.1) is 10.5 Å². The van der Waals surface area contributed by atoms with Gasteiger partial charge in [0.2, 0.25) is 10.0 Å². The Labute approximate surface area is 186 Å². The molecule has 0 amide bonds. The van der Waals surface area contributed by atoms with E-state index in [4.69, 9.17) is 4.74 Å². The number of ether oxygens (including phenoxy) is 1. The maximum atomic E-state index is 13.0. The number of carbonyl (C=O) groups excluding carboxylic acids is 1. The second-order valence-electron chi connectivity index (χ2n) is 9.82. The summed E-state index contributed by atoms with van der Waals surface area (Å²) in [6.45, 7) is 11.8. The second-order valence-corrected chi connectivity index (χ2v) is 11.8. The molecule has 2 aromatic carbocycles. The van der Waals surface area contributed by atoms with Crippen molar-refractivity contribution in [3.8, 4) is 0 Å². The molecule has 0 aliphatic carbocycles. The van der Waals surface area contributed by atoms with Crippen LogP contribution in [0, 0.1) is 11.8 Å². The van der Waals surface area contributed by atoms with Crippen molar-refractivity contribution < 1.29 is 17.9 Å². The van der Waals surface area contributed by atoms with Gasteiger partial charge in [0.25, 0.3) is 0 Å². The van der Waals surface area contributed by atoms with Crippen LogP contribution in [0.2, 0.25) is 0 Å². The van der Waals surface area contributed by atoms with Crippen LogP contribution in [0.3, 0.4) is 0 Å². The van der Waals surface area contributed by atoms with E-state index in [2.05, 4.69) is 34.6 Å². The number of sulfonamides is 1. The second kappa shape index (κ2) is 9.13. The molecule has 2 atom stereocenters. The van der Waals surface area contributed by atoms with Gasteiger partial charge in [-0.15, -0.1) is 0 Å². The molecule has 3 rings (SSSR count). The van der Waals surface area contributed by atoms with Crippen molar-refractivity contribution in [1.82, 2.24) is 4.31 Å². The van der Waals surface area contributed by atoms with E-state index < -0.39 is 16.0 Å². The van der Waals surface area contributed by atoms with E-state index in [0.29, 0.717) is 30.5 Å². The molecule has 1 heterocycles. The Morgan fingerprint density at radius 1 is 0.968 bits per heavy atom. The smallest absolute Gasteiger partial charge is 0.338 e. The Hall–Kier alpha value is -2.18. The van der Waals surface area contributed by atoms with Gasteiger partial charge in [-0.1, -0.05) is 58.9 Å². The van der Waals surface area contributed by atoms with Gasteiger partial charge in [0.1, 0.15) is 6.61 Å². The highest BCUT2D eigenvalue weighted by molar-refractivity contribution is 7.89. The van der Waals surface area contributed by atoms with Gasteiger partial charge in [-0.25, -0.2) is 13.2 Å². The van der Waals surface area contributed by atoms with Crippen LogP contribution in [0.1, 0.15) is 62.5 Å². The molecule has 0 radical (unpaired) electrons. The van der Waals surface area contributed by atoms with Crippen LogP contribution in [-0.4, -0.2) is 31.8 Å². The summed E-state index contributed by atoms with van der Waals surface area (Å²) >= 11 is 0. The van der Waals surface area contributed by atoms with Gasteiger partial charge in [0.15, 0.2) is 0 Å². The highest BCUT2D eigenvalue weighted by atomic mass is 32.2. The van der Waals surface area contributed by atoms with Crippen LogP contribution in [0.5, 0.6) is 0 Å². The largest absolute Gasteiger partial charge is 0.457 e. The van der Waals surface area contributed by atoms with Crippen LogP contribution >= 0.6 is 0 Å². The lowest BCUT2D eigenvalue weighted by Crippen LogP contribution is -2.42. The van der Waals surface area contributed by atoms with E-state index >= 15 is 0 Å². The molecular formula is C25H33NO4S. The molecule has 0 saturated carbocycles. The monoisotopic (exact) mass is 443 g/mol. The number of benzene rings is 2. The number of nitrogens with zero attached hydrogens (tertiary/aromatic N) is 1.